The molecule has 0 heterocycles. The van der Waals surface area contributed by atoms with Crippen LogP contribution in [0.4, 0.5) is 0 Å². The molecular weight excluding hydrogens is 309 g/mol. The summed E-state index contributed by atoms with van der Waals surface area (Å²) in [5.41, 5.74) is 0. The van der Waals surface area contributed by atoms with E-state index in [0.29, 0.717) is 0 Å². The first-order valence-electron chi connectivity index (χ1n) is 11.5. The number of hydrogen-bond donors (Lipinski definition) is 0. The number of hydrogen-bond acceptors (Lipinski definition) is 1. The van der Waals surface area contributed by atoms with Crippen molar-refractivity contribution in [1.82, 2.24) is 4.90 Å². The van der Waals surface area contributed by atoms with Gasteiger partial charge in [-0.3, -0.25) is 0 Å². The second kappa shape index (κ2) is 25.2. The molecule has 0 amide bonds. The van der Waals surface area contributed by atoms with E-state index < -0.39 is 0 Å². The second-order valence-corrected chi connectivity index (χ2v) is 7.72. The summed E-state index contributed by atoms with van der Waals surface area (Å²) in [6, 6.07) is 0. The van der Waals surface area contributed by atoms with E-state index in [9.17, 15) is 0 Å². The molecule has 0 aliphatic carbocycles. The van der Waals surface area contributed by atoms with Gasteiger partial charge in [-0.1, -0.05) is 104 Å². The Hall–Kier alpha value is 0.167. The molecule has 1 nitrogen and oxygen atoms in total. The molecule has 0 radical (unpaired) electrons. The minimum atomic E-state index is 0. The second-order valence-electron chi connectivity index (χ2n) is 7.72. The van der Waals surface area contributed by atoms with Crippen molar-refractivity contribution in [3.8, 4) is 0 Å². The van der Waals surface area contributed by atoms with Crippen LogP contribution in [0.5, 0.6) is 0 Å². The fraction of sp³-hybridized carbons (Fsp3) is 0.875. The Morgan fingerprint density at radius 1 is 0.577 bits per heavy atom. The van der Waals surface area contributed by atoms with Crippen molar-refractivity contribution in [1.29, 1.82) is 0 Å². The SMILES string of the molecule is [CH2-]/C=C/CN(CCCCCCCCCC)CCCCCCCCCC.[Li+]. The summed E-state index contributed by atoms with van der Waals surface area (Å²) in [7, 11) is 0. The average molecular weight is 358 g/mol. The van der Waals surface area contributed by atoms with Crippen LogP contribution >= 0.6 is 0 Å². The zero-order valence-corrected chi connectivity index (χ0v) is 18.7. The predicted octanol–water partition coefficient (Wildman–Crippen LogP) is 4.96. The van der Waals surface area contributed by atoms with Crippen LogP contribution < -0.4 is 18.9 Å². The van der Waals surface area contributed by atoms with Gasteiger partial charge >= 0.3 is 18.9 Å². The molecule has 0 saturated carbocycles. The molecule has 2 heteroatoms. The monoisotopic (exact) mass is 357 g/mol. The molecule has 0 unspecified atom stereocenters. The zero-order chi connectivity index (χ0) is 18.4. The molecule has 0 atom stereocenters. The van der Waals surface area contributed by atoms with Crippen LogP contribution in [0.3, 0.4) is 0 Å². The van der Waals surface area contributed by atoms with Crippen molar-refractivity contribution >= 4 is 0 Å². The minimum absolute atomic E-state index is 0. The Morgan fingerprint density at radius 3 is 1.27 bits per heavy atom. The number of allylic oxidation sites excluding steroid dienone is 1. The Kier molecular flexibility index (Phi) is 27.5. The number of nitrogens with zero attached hydrogens (tertiary/aromatic N) is 1. The number of unbranched alkanes of at least 4 members (excludes halogenated alkanes) is 14. The van der Waals surface area contributed by atoms with Crippen molar-refractivity contribution in [2.24, 2.45) is 0 Å². The Bertz CT molecular complexity index is 245. The van der Waals surface area contributed by atoms with Gasteiger partial charge in [-0.25, -0.2) is 19.1 Å². The maximum Gasteiger partial charge on any atom is 1.00 e. The topological polar surface area (TPSA) is 3.24 Å². The van der Waals surface area contributed by atoms with E-state index in [1.54, 1.807) is 0 Å². The van der Waals surface area contributed by atoms with E-state index in [-0.39, 0.29) is 18.9 Å². The molecule has 0 bridgehead atoms. The van der Waals surface area contributed by atoms with Gasteiger partial charge in [0.15, 0.2) is 0 Å². The molecule has 0 saturated heterocycles. The molecule has 0 aliphatic heterocycles. The van der Waals surface area contributed by atoms with Crippen LogP contribution in [0.1, 0.15) is 117 Å². The molecule has 0 spiro atoms. The van der Waals surface area contributed by atoms with Gasteiger partial charge in [-0.05, 0) is 32.5 Å². The summed E-state index contributed by atoms with van der Waals surface area (Å²) in [6.07, 6.45) is 26.8. The molecule has 0 N–H and O–H groups in total. The summed E-state index contributed by atoms with van der Waals surface area (Å²) in [5.74, 6) is 0. The van der Waals surface area contributed by atoms with Gasteiger partial charge < -0.3 is 4.90 Å². The third-order valence-electron chi connectivity index (χ3n) is 5.19. The van der Waals surface area contributed by atoms with E-state index in [1.165, 1.54) is 116 Å². The maximum absolute atomic E-state index is 3.84. The van der Waals surface area contributed by atoms with Crippen LogP contribution in [0.15, 0.2) is 12.2 Å². The quantitative estimate of drug-likeness (QED) is 0.169. The first-order chi connectivity index (χ1) is 12.3. The van der Waals surface area contributed by atoms with Crippen molar-refractivity contribution in [3.63, 3.8) is 0 Å². The van der Waals surface area contributed by atoms with Gasteiger partial charge in [0, 0.05) is 0 Å². The third-order valence-corrected chi connectivity index (χ3v) is 5.19. The van der Waals surface area contributed by atoms with Crippen LogP contribution in [-0.2, 0) is 0 Å². The molecule has 0 aromatic heterocycles. The molecule has 0 aliphatic rings. The van der Waals surface area contributed by atoms with Gasteiger partial charge in [0.1, 0.15) is 0 Å². The van der Waals surface area contributed by atoms with E-state index in [1.807, 2.05) is 6.08 Å². The van der Waals surface area contributed by atoms with Gasteiger partial charge in [-0.2, -0.15) is 0 Å². The fourth-order valence-corrected chi connectivity index (χ4v) is 3.46. The Morgan fingerprint density at radius 2 is 0.923 bits per heavy atom. The first kappa shape index (κ1) is 28.4. The predicted molar refractivity (Wildman–Crippen MR) is 116 cm³/mol. The van der Waals surface area contributed by atoms with Crippen molar-refractivity contribution < 1.29 is 18.9 Å². The molecule has 150 valence electrons. The summed E-state index contributed by atoms with van der Waals surface area (Å²) in [5, 5.41) is 0. The Labute approximate surface area is 179 Å². The minimum Gasteiger partial charge on any atom is -0.316 e. The molecular formula is C24H48LiN. The molecule has 0 aromatic rings. The normalized spacial score (nSPS) is 11.3. The first-order valence-corrected chi connectivity index (χ1v) is 11.5. The zero-order valence-electron chi connectivity index (χ0n) is 18.7. The molecule has 0 fully saturated rings. The number of rotatable bonds is 20. The summed E-state index contributed by atoms with van der Waals surface area (Å²) in [4.78, 5) is 2.63. The smallest absolute Gasteiger partial charge is 0.316 e. The standard InChI is InChI=1S/C24H48N.Li/c1-4-7-10-12-14-16-18-20-23-25(22-9-6-3)24-21-19-17-15-13-11-8-5-2;/h6,9H,3-5,7-8,10-24H2,1-2H3;/q-1;+1/b9-6+;. The third kappa shape index (κ3) is 22.2. The van der Waals surface area contributed by atoms with Gasteiger partial charge in [0.25, 0.3) is 0 Å². The summed E-state index contributed by atoms with van der Waals surface area (Å²) >= 11 is 0. The van der Waals surface area contributed by atoms with Crippen molar-refractivity contribution in [2.75, 3.05) is 19.6 Å². The van der Waals surface area contributed by atoms with Crippen molar-refractivity contribution in [3.05, 3.63) is 19.1 Å². The largest absolute Gasteiger partial charge is 1.00 e. The van der Waals surface area contributed by atoms with E-state index in [2.05, 4.69) is 31.7 Å². The van der Waals surface area contributed by atoms with Gasteiger partial charge in [-0.15, -0.1) is 0 Å². The van der Waals surface area contributed by atoms with E-state index in [0.717, 1.165) is 6.54 Å². The van der Waals surface area contributed by atoms with Crippen molar-refractivity contribution in [2.45, 2.75) is 117 Å². The summed E-state index contributed by atoms with van der Waals surface area (Å²) < 4.78 is 0. The average Bonchev–Trinajstić information content (AvgIpc) is 2.63. The van der Waals surface area contributed by atoms with Crippen LogP contribution in [0, 0.1) is 6.92 Å². The van der Waals surface area contributed by atoms with Gasteiger partial charge in [0.05, 0.1) is 0 Å². The maximum atomic E-state index is 3.84. The Balaban J connectivity index is 0. The molecule has 26 heavy (non-hydrogen) atoms. The van der Waals surface area contributed by atoms with Gasteiger partial charge in [0.2, 0.25) is 0 Å². The van der Waals surface area contributed by atoms with Crippen LogP contribution in [-0.4, -0.2) is 24.5 Å². The summed E-state index contributed by atoms with van der Waals surface area (Å²) in [6.45, 7) is 12.1. The van der Waals surface area contributed by atoms with Crippen LogP contribution in [0.2, 0.25) is 0 Å². The molecule has 0 rings (SSSR count). The molecule has 0 aromatic carbocycles. The van der Waals surface area contributed by atoms with E-state index in [4.69, 9.17) is 0 Å². The fourth-order valence-electron chi connectivity index (χ4n) is 3.46. The van der Waals surface area contributed by atoms with E-state index >= 15 is 0 Å². The van der Waals surface area contributed by atoms with Crippen LogP contribution in [0.25, 0.3) is 0 Å².